The van der Waals surface area contributed by atoms with Crippen LogP contribution in [0.25, 0.3) is 5.69 Å². The molecule has 2 amide bonds. The third-order valence-corrected chi connectivity index (χ3v) is 5.90. The summed E-state index contributed by atoms with van der Waals surface area (Å²) < 4.78 is 1.75. The van der Waals surface area contributed by atoms with Crippen LogP contribution < -0.4 is 5.32 Å². The molecule has 186 valence electrons. The Labute approximate surface area is 213 Å². The van der Waals surface area contributed by atoms with Crippen molar-refractivity contribution in [1.29, 1.82) is 0 Å². The van der Waals surface area contributed by atoms with Gasteiger partial charge in [-0.05, 0) is 55.2 Å². The number of rotatable bonds is 8. The van der Waals surface area contributed by atoms with E-state index in [4.69, 9.17) is 16.7 Å². The molecule has 0 saturated heterocycles. The number of carbonyl (C=O) groups excluding carboxylic acids is 2. The van der Waals surface area contributed by atoms with Crippen molar-refractivity contribution >= 4 is 29.2 Å². The van der Waals surface area contributed by atoms with Gasteiger partial charge in [-0.1, -0.05) is 64.4 Å². The van der Waals surface area contributed by atoms with Crippen molar-refractivity contribution in [2.45, 2.75) is 53.4 Å². The molecule has 2 aromatic carbocycles. The van der Waals surface area contributed by atoms with E-state index in [-0.39, 0.29) is 23.8 Å². The molecule has 0 radical (unpaired) electrons. The molecule has 0 unspecified atom stereocenters. The molecule has 0 fully saturated rings. The maximum atomic E-state index is 13.2. The Hall–Kier alpha value is -3.12. The third-order valence-electron chi connectivity index (χ3n) is 5.66. The molecular formula is C28H35ClN4O2. The second-order valence-electron chi connectivity index (χ2n) is 10.4. The summed E-state index contributed by atoms with van der Waals surface area (Å²) >= 11 is 6.10. The first kappa shape index (κ1) is 26.5. The molecule has 1 N–H and O–H groups in total. The lowest BCUT2D eigenvalue weighted by Crippen LogP contribution is -2.39. The standard InChI is InChI=1S/C28H35ClN4O2/c1-19(2)13-14-32(27(35)21-10-8-11-22(29)16-21)18-26(34)30-25-17-24(28(4,5)6)31-33(25)23-12-7-9-20(3)15-23/h7-12,15-17,19H,13-14,18H2,1-6H3,(H,30,34). The summed E-state index contributed by atoms with van der Waals surface area (Å²) in [4.78, 5) is 28.0. The summed E-state index contributed by atoms with van der Waals surface area (Å²) in [6, 6.07) is 16.7. The number of benzene rings is 2. The van der Waals surface area contributed by atoms with E-state index >= 15 is 0 Å². The molecule has 0 aliphatic rings. The van der Waals surface area contributed by atoms with E-state index in [0.717, 1.165) is 23.4 Å². The molecule has 3 aromatic rings. The van der Waals surface area contributed by atoms with Gasteiger partial charge in [0, 0.05) is 28.6 Å². The van der Waals surface area contributed by atoms with Gasteiger partial charge < -0.3 is 10.2 Å². The minimum atomic E-state index is -0.279. The summed E-state index contributed by atoms with van der Waals surface area (Å²) in [5.74, 6) is 0.471. The predicted molar refractivity (Wildman–Crippen MR) is 142 cm³/mol. The van der Waals surface area contributed by atoms with E-state index in [1.54, 1.807) is 33.8 Å². The second kappa shape index (κ2) is 11.1. The highest BCUT2D eigenvalue weighted by Crippen LogP contribution is 2.26. The van der Waals surface area contributed by atoms with Crippen molar-refractivity contribution < 1.29 is 9.59 Å². The summed E-state index contributed by atoms with van der Waals surface area (Å²) in [6.07, 6.45) is 0.787. The monoisotopic (exact) mass is 494 g/mol. The molecule has 6 nitrogen and oxygen atoms in total. The molecule has 0 atom stereocenters. The lowest BCUT2D eigenvalue weighted by molar-refractivity contribution is -0.117. The van der Waals surface area contributed by atoms with Crippen LogP contribution in [0.2, 0.25) is 5.02 Å². The average Bonchev–Trinajstić information content (AvgIpc) is 3.20. The van der Waals surface area contributed by atoms with E-state index in [1.165, 1.54) is 0 Å². The number of nitrogens with zero attached hydrogens (tertiary/aromatic N) is 3. The van der Waals surface area contributed by atoms with Gasteiger partial charge in [0.25, 0.3) is 5.91 Å². The van der Waals surface area contributed by atoms with Crippen LogP contribution in [-0.2, 0) is 10.2 Å². The summed E-state index contributed by atoms with van der Waals surface area (Å²) in [5, 5.41) is 8.27. The van der Waals surface area contributed by atoms with E-state index in [0.29, 0.717) is 28.9 Å². The molecule has 35 heavy (non-hydrogen) atoms. The molecule has 3 rings (SSSR count). The van der Waals surface area contributed by atoms with Crippen LogP contribution in [0.1, 0.15) is 62.7 Å². The number of nitrogens with one attached hydrogen (secondary N) is 1. The fraction of sp³-hybridized carbons (Fsp3) is 0.393. The van der Waals surface area contributed by atoms with Crippen molar-refractivity contribution in [3.05, 3.63) is 76.4 Å². The Bertz CT molecular complexity index is 1190. The number of halogens is 1. The zero-order valence-corrected chi connectivity index (χ0v) is 22.2. The van der Waals surface area contributed by atoms with Gasteiger partial charge in [0.05, 0.1) is 11.4 Å². The first-order valence-electron chi connectivity index (χ1n) is 12.0. The average molecular weight is 495 g/mol. The fourth-order valence-corrected chi connectivity index (χ4v) is 3.81. The Balaban J connectivity index is 1.87. The van der Waals surface area contributed by atoms with E-state index in [9.17, 15) is 9.59 Å². The van der Waals surface area contributed by atoms with E-state index in [1.807, 2.05) is 37.3 Å². The second-order valence-corrected chi connectivity index (χ2v) is 10.8. The number of anilines is 1. The van der Waals surface area contributed by atoms with E-state index in [2.05, 4.69) is 39.9 Å². The number of aromatic nitrogens is 2. The van der Waals surface area contributed by atoms with Crippen LogP contribution in [0.15, 0.2) is 54.6 Å². The normalized spacial score (nSPS) is 11.5. The molecular weight excluding hydrogens is 460 g/mol. The van der Waals surface area contributed by atoms with Gasteiger partial charge in [-0.25, -0.2) is 4.68 Å². The number of aryl methyl sites for hydroxylation is 1. The van der Waals surface area contributed by atoms with Gasteiger partial charge >= 0.3 is 0 Å². The largest absolute Gasteiger partial charge is 0.329 e. The van der Waals surface area contributed by atoms with Crippen LogP contribution in [-0.4, -0.2) is 39.6 Å². The highest BCUT2D eigenvalue weighted by molar-refractivity contribution is 6.31. The third kappa shape index (κ3) is 7.18. The predicted octanol–water partition coefficient (Wildman–Crippen LogP) is 6.26. The number of hydrogen-bond donors (Lipinski definition) is 1. The maximum absolute atomic E-state index is 13.2. The topological polar surface area (TPSA) is 67.2 Å². The quantitative estimate of drug-likeness (QED) is 0.402. The van der Waals surface area contributed by atoms with Crippen molar-refractivity contribution in [2.24, 2.45) is 5.92 Å². The Morgan fingerprint density at radius 1 is 1.09 bits per heavy atom. The zero-order chi connectivity index (χ0) is 25.8. The molecule has 1 heterocycles. The lowest BCUT2D eigenvalue weighted by atomic mass is 9.92. The number of hydrogen-bond acceptors (Lipinski definition) is 3. The molecule has 0 bridgehead atoms. The van der Waals surface area contributed by atoms with Gasteiger partial charge in [0.15, 0.2) is 0 Å². The molecule has 1 aromatic heterocycles. The molecule has 0 saturated carbocycles. The van der Waals surface area contributed by atoms with Crippen molar-refractivity contribution in [1.82, 2.24) is 14.7 Å². The van der Waals surface area contributed by atoms with Gasteiger partial charge in [-0.15, -0.1) is 0 Å². The first-order valence-corrected chi connectivity index (χ1v) is 12.3. The Morgan fingerprint density at radius 2 is 1.80 bits per heavy atom. The Morgan fingerprint density at radius 3 is 2.43 bits per heavy atom. The highest BCUT2D eigenvalue weighted by Gasteiger charge is 2.24. The smallest absolute Gasteiger partial charge is 0.254 e. The highest BCUT2D eigenvalue weighted by atomic mass is 35.5. The molecule has 7 heteroatoms. The molecule has 0 aliphatic carbocycles. The molecule has 0 spiro atoms. The van der Waals surface area contributed by atoms with Crippen LogP contribution in [0.5, 0.6) is 0 Å². The number of carbonyl (C=O) groups is 2. The van der Waals surface area contributed by atoms with Gasteiger partial charge in [-0.3, -0.25) is 9.59 Å². The first-order chi connectivity index (χ1) is 16.4. The van der Waals surface area contributed by atoms with Gasteiger partial charge in [0.1, 0.15) is 12.4 Å². The van der Waals surface area contributed by atoms with Crippen molar-refractivity contribution in [3.63, 3.8) is 0 Å². The van der Waals surface area contributed by atoms with Crippen molar-refractivity contribution in [3.8, 4) is 5.69 Å². The summed E-state index contributed by atoms with van der Waals surface area (Å²) in [7, 11) is 0. The fourth-order valence-electron chi connectivity index (χ4n) is 3.62. The van der Waals surface area contributed by atoms with Crippen LogP contribution in [0.3, 0.4) is 0 Å². The summed E-state index contributed by atoms with van der Waals surface area (Å²) in [5.41, 5.74) is 3.09. The zero-order valence-electron chi connectivity index (χ0n) is 21.4. The Kier molecular flexibility index (Phi) is 8.39. The minimum Gasteiger partial charge on any atom is -0.329 e. The van der Waals surface area contributed by atoms with Gasteiger partial charge in [-0.2, -0.15) is 5.10 Å². The van der Waals surface area contributed by atoms with Crippen LogP contribution in [0, 0.1) is 12.8 Å². The lowest BCUT2D eigenvalue weighted by Gasteiger charge is -2.23. The van der Waals surface area contributed by atoms with Crippen molar-refractivity contribution in [2.75, 3.05) is 18.4 Å². The van der Waals surface area contributed by atoms with E-state index < -0.39 is 0 Å². The van der Waals surface area contributed by atoms with Gasteiger partial charge in [0.2, 0.25) is 5.91 Å². The SMILES string of the molecule is Cc1cccc(-n2nc(C(C)(C)C)cc2NC(=O)CN(CCC(C)C)C(=O)c2cccc(Cl)c2)c1. The minimum absolute atomic E-state index is 0.0675. The van der Waals surface area contributed by atoms with Crippen LogP contribution >= 0.6 is 11.6 Å². The molecule has 0 aliphatic heterocycles. The van der Waals surface area contributed by atoms with Crippen LogP contribution in [0.4, 0.5) is 5.82 Å². The summed E-state index contributed by atoms with van der Waals surface area (Å²) in [6.45, 7) is 12.9. The number of amides is 2. The maximum Gasteiger partial charge on any atom is 0.254 e.